The molecule has 1 heterocycles. The van der Waals surface area contributed by atoms with E-state index in [1.54, 1.807) is 6.26 Å². The molecule has 0 saturated heterocycles. The molecule has 0 amide bonds. The minimum absolute atomic E-state index is 0.333. The van der Waals surface area contributed by atoms with Crippen molar-refractivity contribution in [2.24, 2.45) is 5.73 Å². The molecule has 12 heavy (non-hydrogen) atoms. The molecule has 1 aromatic rings. The van der Waals surface area contributed by atoms with Crippen molar-refractivity contribution in [1.82, 2.24) is 0 Å². The monoisotopic (exact) mass is 167 g/mol. The molecule has 0 fully saturated rings. The molecular weight excluding hydrogens is 150 g/mol. The summed E-state index contributed by atoms with van der Waals surface area (Å²) in [6.45, 7) is 2.16. The molecule has 68 valence electrons. The molecule has 0 saturated carbocycles. The summed E-state index contributed by atoms with van der Waals surface area (Å²) in [6.07, 6.45) is 5.98. The second kappa shape index (κ2) is 4.99. The Bertz CT molecular complexity index is 194. The zero-order chi connectivity index (χ0) is 8.81. The topological polar surface area (TPSA) is 39.2 Å². The van der Waals surface area contributed by atoms with Crippen LogP contribution in [0.5, 0.6) is 0 Å². The molecule has 0 bridgehead atoms. The second-order valence-corrected chi connectivity index (χ2v) is 3.17. The first-order valence-corrected chi connectivity index (χ1v) is 4.61. The Morgan fingerprint density at radius 3 is 2.92 bits per heavy atom. The molecule has 1 aromatic heterocycles. The molecule has 0 aromatic carbocycles. The van der Waals surface area contributed by atoms with Crippen LogP contribution in [-0.2, 0) is 6.42 Å². The van der Waals surface area contributed by atoms with Crippen molar-refractivity contribution in [1.29, 1.82) is 0 Å². The van der Waals surface area contributed by atoms with E-state index in [1.165, 1.54) is 6.42 Å². The number of hydrogen-bond donors (Lipinski definition) is 1. The van der Waals surface area contributed by atoms with E-state index in [0.29, 0.717) is 6.04 Å². The van der Waals surface area contributed by atoms with E-state index >= 15 is 0 Å². The van der Waals surface area contributed by atoms with Gasteiger partial charge in [-0.1, -0.05) is 13.3 Å². The first-order valence-electron chi connectivity index (χ1n) is 4.61. The number of nitrogens with two attached hydrogens (primary N) is 1. The predicted molar refractivity (Wildman–Crippen MR) is 49.9 cm³/mol. The van der Waals surface area contributed by atoms with Crippen molar-refractivity contribution in [2.75, 3.05) is 0 Å². The number of rotatable bonds is 5. The van der Waals surface area contributed by atoms with Gasteiger partial charge in [0.05, 0.1) is 6.26 Å². The first kappa shape index (κ1) is 9.33. The molecule has 1 unspecified atom stereocenters. The maximum Gasteiger partial charge on any atom is 0.103 e. The Kier molecular flexibility index (Phi) is 3.88. The Balaban J connectivity index is 2.17. The van der Waals surface area contributed by atoms with Gasteiger partial charge in [0.1, 0.15) is 5.76 Å². The van der Waals surface area contributed by atoms with E-state index in [0.717, 1.165) is 25.0 Å². The zero-order valence-corrected chi connectivity index (χ0v) is 7.62. The lowest BCUT2D eigenvalue weighted by Gasteiger charge is -2.07. The maximum absolute atomic E-state index is 5.86. The molecule has 0 aliphatic rings. The predicted octanol–water partition coefficient (Wildman–Crippen LogP) is 2.34. The van der Waals surface area contributed by atoms with Crippen LogP contribution in [0.1, 0.15) is 31.9 Å². The third-order valence-corrected chi connectivity index (χ3v) is 2.00. The first-order chi connectivity index (χ1) is 5.83. The van der Waals surface area contributed by atoms with Crippen molar-refractivity contribution in [3.05, 3.63) is 24.2 Å². The smallest absolute Gasteiger partial charge is 0.103 e. The fraction of sp³-hybridized carbons (Fsp3) is 0.600. The highest BCUT2D eigenvalue weighted by Crippen LogP contribution is 2.07. The van der Waals surface area contributed by atoms with Crippen LogP contribution in [-0.4, -0.2) is 6.04 Å². The van der Waals surface area contributed by atoms with Crippen LogP contribution in [0.3, 0.4) is 0 Å². The summed E-state index contributed by atoms with van der Waals surface area (Å²) >= 11 is 0. The fourth-order valence-electron chi connectivity index (χ4n) is 1.30. The summed E-state index contributed by atoms with van der Waals surface area (Å²) in [7, 11) is 0. The van der Waals surface area contributed by atoms with Gasteiger partial charge in [-0.25, -0.2) is 0 Å². The normalized spacial score (nSPS) is 13.2. The Morgan fingerprint density at radius 1 is 1.50 bits per heavy atom. The van der Waals surface area contributed by atoms with Gasteiger partial charge in [0.25, 0.3) is 0 Å². The molecule has 2 nitrogen and oxygen atoms in total. The lowest BCUT2D eigenvalue weighted by molar-refractivity contribution is 0.475. The highest BCUT2D eigenvalue weighted by Gasteiger charge is 2.02. The highest BCUT2D eigenvalue weighted by atomic mass is 16.3. The van der Waals surface area contributed by atoms with Gasteiger partial charge in [-0.15, -0.1) is 0 Å². The number of furan rings is 1. The fourth-order valence-corrected chi connectivity index (χ4v) is 1.30. The summed E-state index contributed by atoms with van der Waals surface area (Å²) in [4.78, 5) is 0. The molecule has 1 rings (SSSR count). The van der Waals surface area contributed by atoms with Gasteiger partial charge in [0.2, 0.25) is 0 Å². The minimum Gasteiger partial charge on any atom is -0.469 e. The second-order valence-electron chi connectivity index (χ2n) is 3.17. The maximum atomic E-state index is 5.86. The van der Waals surface area contributed by atoms with Crippen molar-refractivity contribution in [2.45, 2.75) is 38.6 Å². The highest BCUT2D eigenvalue weighted by molar-refractivity contribution is 4.98. The average molecular weight is 167 g/mol. The van der Waals surface area contributed by atoms with Crippen molar-refractivity contribution in [3.8, 4) is 0 Å². The van der Waals surface area contributed by atoms with Gasteiger partial charge >= 0.3 is 0 Å². The quantitative estimate of drug-likeness (QED) is 0.731. The minimum atomic E-state index is 0.333. The van der Waals surface area contributed by atoms with Crippen molar-refractivity contribution < 1.29 is 4.42 Å². The number of aryl methyl sites for hydroxylation is 1. The number of hydrogen-bond acceptors (Lipinski definition) is 2. The van der Waals surface area contributed by atoms with Crippen molar-refractivity contribution in [3.63, 3.8) is 0 Å². The molecule has 2 heteroatoms. The summed E-state index contributed by atoms with van der Waals surface area (Å²) < 4.78 is 5.21. The van der Waals surface area contributed by atoms with E-state index in [-0.39, 0.29) is 0 Å². The zero-order valence-electron chi connectivity index (χ0n) is 7.62. The largest absolute Gasteiger partial charge is 0.469 e. The molecule has 0 aliphatic heterocycles. The van der Waals surface area contributed by atoms with Crippen LogP contribution in [0.2, 0.25) is 0 Å². The Morgan fingerprint density at radius 2 is 2.33 bits per heavy atom. The molecule has 1 atom stereocenters. The van der Waals surface area contributed by atoms with E-state index in [2.05, 4.69) is 6.92 Å². The van der Waals surface area contributed by atoms with E-state index in [1.807, 2.05) is 12.1 Å². The van der Waals surface area contributed by atoms with E-state index < -0.39 is 0 Å². The molecule has 2 N–H and O–H groups in total. The van der Waals surface area contributed by atoms with Crippen LogP contribution >= 0.6 is 0 Å². The summed E-state index contributed by atoms with van der Waals surface area (Å²) in [5.41, 5.74) is 5.86. The lowest BCUT2D eigenvalue weighted by atomic mass is 10.1. The van der Waals surface area contributed by atoms with Crippen LogP contribution < -0.4 is 5.73 Å². The molecular formula is C10H17NO. The van der Waals surface area contributed by atoms with Gasteiger partial charge in [0.15, 0.2) is 0 Å². The van der Waals surface area contributed by atoms with Gasteiger partial charge in [-0.2, -0.15) is 0 Å². The Hall–Kier alpha value is -0.760. The summed E-state index contributed by atoms with van der Waals surface area (Å²) in [5, 5.41) is 0. The third-order valence-electron chi connectivity index (χ3n) is 2.00. The van der Waals surface area contributed by atoms with E-state index in [4.69, 9.17) is 10.2 Å². The molecule has 0 aliphatic carbocycles. The Labute approximate surface area is 73.8 Å². The average Bonchev–Trinajstić information content (AvgIpc) is 2.53. The van der Waals surface area contributed by atoms with Crippen molar-refractivity contribution >= 4 is 0 Å². The molecule has 0 radical (unpaired) electrons. The standard InChI is InChI=1S/C10H17NO/c1-2-4-9(11)6-7-10-5-3-8-12-10/h3,5,8-9H,2,4,6-7,11H2,1H3. The van der Waals surface area contributed by atoms with Gasteiger partial charge < -0.3 is 10.2 Å². The van der Waals surface area contributed by atoms with Gasteiger partial charge in [0, 0.05) is 12.5 Å². The van der Waals surface area contributed by atoms with Gasteiger partial charge in [-0.05, 0) is 25.0 Å². The lowest BCUT2D eigenvalue weighted by Crippen LogP contribution is -2.19. The van der Waals surface area contributed by atoms with E-state index in [9.17, 15) is 0 Å². The SMILES string of the molecule is CCCC(N)CCc1ccco1. The van der Waals surface area contributed by atoms with Crippen LogP contribution in [0.25, 0.3) is 0 Å². The third kappa shape index (κ3) is 3.09. The molecule has 0 spiro atoms. The van der Waals surface area contributed by atoms with Crippen LogP contribution in [0.4, 0.5) is 0 Å². The summed E-state index contributed by atoms with van der Waals surface area (Å²) in [5.74, 6) is 1.04. The van der Waals surface area contributed by atoms with Crippen LogP contribution in [0, 0.1) is 0 Å². The van der Waals surface area contributed by atoms with Crippen LogP contribution in [0.15, 0.2) is 22.8 Å². The van der Waals surface area contributed by atoms with Gasteiger partial charge in [-0.3, -0.25) is 0 Å². The summed E-state index contributed by atoms with van der Waals surface area (Å²) in [6, 6.07) is 4.25.